The average Bonchev–Trinajstić information content (AvgIpc) is 3.35. The topological polar surface area (TPSA) is 90.8 Å². The molecule has 0 aliphatic carbocycles. The second-order valence-electron chi connectivity index (χ2n) is 6.54. The van der Waals surface area contributed by atoms with Crippen LogP contribution >= 0.6 is 0 Å². The maximum Gasteiger partial charge on any atom is 0.471 e. The number of aryl methyl sites for hydroxylation is 2. The van der Waals surface area contributed by atoms with Crippen LogP contribution in [0, 0.1) is 6.92 Å². The van der Waals surface area contributed by atoms with Gasteiger partial charge < -0.3 is 14.4 Å². The molecule has 1 N–H and O–H groups in total. The molecule has 8 nitrogen and oxygen atoms in total. The van der Waals surface area contributed by atoms with Gasteiger partial charge in [0.15, 0.2) is 0 Å². The summed E-state index contributed by atoms with van der Waals surface area (Å²) in [6.45, 7) is 1.90. The van der Waals surface area contributed by atoms with Gasteiger partial charge >= 0.3 is 12.1 Å². The molecule has 4 rings (SSSR count). The van der Waals surface area contributed by atoms with Gasteiger partial charge in [-0.05, 0) is 18.6 Å². The third kappa shape index (κ3) is 3.71. The number of alkyl halides is 3. The van der Waals surface area contributed by atoms with E-state index in [4.69, 9.17) is 0 Å². The molecule has 150 valence electrons. The van der Waals surface area contributed by atoms with Crippen LogP contribution < -0.4 is 5.32 Å². The van der Waals surface area contributed by atoms with Crippen molar-refractivity contribution < 1.29 is 22.5 Å². The van der Waals surface area contributed by atoms with E-state index in [-0.39, 0.29) is 18.3 Å². The Balaban J connectivity index is 1.64. The molecule has 3 aromatic heterocycles. The van der Waals surface area contributed by atoms with Gasteiger partial charge in [-0.2, -0.15) is 23.3 Å². The molecule has 1 amide bonds. The summed E-state index contributed by atoms with van der Waals surface area (Å²) in [7, 11) is 1.74. The molecule has 0 fully saturated rings. The molecule has 0 saturated heterocycles. The molecule has 0 bridgehead atoms. The van der Waals surface area contributed by atoms with Crippen molar-refractivity contribution in [2.75, 3.05) is 5.32 Å². The zero-order valence-electron chi connectivity index (χ0n) is 15.4. The molecule has 0 aliphatic heterocycles. The Kier molecular flexibility index (Phi) is 4.36. The highest BCUT2D eigenvalue weighted by Gasteiger charge is 2.38. The molecule has 1 aromatic carbocycles. The third-order valence-electron chi connectivity index (χ3n) is 4.31. The van der Waals surface area contributed by atoms with Crippen molar-refractivity contribution in [2.45, 2.75) is 19.6 Å². The Morgan fingerprint density at radius 1 is 1.28 bits per heavy atom. The van der Waals surface area contributed by atoms with Gasteiger partial charge in [0, 0.05) is 35.9 Å². The van der Waals surface area contributed by atoms with Crippen molar-refractivity contribution in [2.24, 2.45) is 7.05 Å². The standard InChI is InChI=1S/C18H15F3N6O2/c1-10-7-27(9-15(28)23-12-6-22-26(2)8-12)14-5-11(3-4-13(10)14)16-24-17(29-25-16)18(19,20)21/h3-8H,9H2,1-2H3,(H,23,28). The summed E-state index contributed by atoms with van der Waals surface area (Å²) in [4.78, 5) is 15.8. The first-order valence-corrected chi connectivity index (χ1v) is 8.50. The quantitative estimate of drug-likeness (QED) is 0.563. The number of nitrogens with zero attached hydrogens (tertiary/aromatic N) is 5. The molecule has 0 aliphatic rings. The van der Waals surface area contributed by atoms with Crippen LogP contribution in [-0.4, -0.2) is 30.4 Å². The molecule has 0 radical (unpaired) electrons. The number of fused-ring (bicyclic) bond motifs is 1. The maximum absolute atomic E-state index is 12.7. The molecule has 29 heavy (non-hydrogen) atoms. The monoisotopic (exact) mass is 404 g/mol. The fourth-order valence-corrected chi connectivity index (χ4v) is 3.04. The Hall–Kier alpha value is -3.63. The largest absolute Gasteiger partial charge is 0.471 e. The van der Waals surface area contributed by atoms with Crippen LogP contribution in [-0.2, 0) is 24.6 Å². The third-order valence-corrected chi connectivity index (χ3v) is 4.31. The highest BCUT2D eigenvalue weighted by molar-refractivity contribution is 5.93. The predicted octanol–water partition coefficient (Wildman–Crippen LogP) is 3.39. The number of rotatable bonds is 4. The van der Waals surface area contributed by atoms with Gasteiger partial charge in [0.2, 0.25) is 11.7 Å². The van der Waals surface area contributed by atoms with Crippen molar-refractivity contribution in [3.8, 4) is 11.4 Å². The second kappa shape index (κ2) is 6.76. The van der Waals surface area contributed by atoms with E-state index in [2.05, 4.69) is 25.1 Å². The molecule has 3 heterocycles. The fraction of sp³-hybridized carbons (Fsp3) is 0.222. The van der Waals surface area contributed by atoms with E-state index in [1.807, 2.05) is 6.92 Å². The first kappa shape index (κ1) is 18.7. The van der Waals surface area contributed by atoms with Crippen LogP contribution in [0.2, 0.25) is 0 Å². The van der Waals surface area contributed by atoms with E-state index in [9.17, 15) is 18.0 Å². The zero-order chi connectivity index (χ0) is 20.8. The van der Waals surface area contributed by atoms with E-state index in [0.717, 1.165) is 10.9 Å². The average molecular weight is 404 g/mol. The van der Waals surface area contributed by atoms with Gasteiger partial charge in [0.25, 0.3) is 0 Å². The number of halogens is 3. The molecular formula is C18H15F3N6O2. The molecule has 4 aromatic rings. The van der Waals surface area contributed by atoms with Crippen molar-refractivity contribution in [3.63, 3.8) is 0 Å². The summed E-state index contributed by atoms with van der Waals surface area (Å²) in [5.74, 6) is -1.85. The number of amides is 1. The second-order valence-corrected chi connectivity index (χ2v) is 6.54. The van der Waals surface area contributed by atoms with Gasteiger partial charge in [-0.1, -0.05) is 17.3 Å². The normalized spacial score (nSPS) is 11.9. The number of anilines is 1. The molecular weight excluding hydrogens is 389 g/mol. The predicted molar refractivity (Wildman–Crippen MR) is 96.8 cm³/mol. The van der Waals surface area contributed by atoms with Crippen molar-refractivity contribution in [1.29, 1.82) is 0 Å². The Morgan fingerprint density at radius 2 is 2.07 bits per heavy atom. The Morgan fingerprint density at radius 3 is 2.72 bits per heavy atom. The zero-order valence-corrected chi connectivity index (χ0v) is 15.4. The first-order chi connectivity index (χ1) is 13.7. The summed E-state index contributed by atoms with van der Waals surface area (Å²) >= 11 is 0. The maximum atomic E-state index is 12.7. The number of aromatic nitrogens is 5. The van der Waals surface area contributed by atoms with Crippen LogP contribution in [0.5, 0.6) is 0 Å². The van der Waals surface area contributed by atoms with Crippen molar-refractivity contribution in [1.82, 2.24) is 24.5 Å². The smallest absolute Gasteiger partial charge is 0.338 e. The fourth-order valence-electron chi connectivity index (χ4n) is 3.04. The molecule has 0 spiro atoms. The SMILES string of the molecule is Cc1cn(CC(=O)Nc2cnn(C)c2)c2cc(-c3noc(C(F)(F)F)n3)ccc12. The van der Waals surface area contributed by atoms with E-state index < -0.39 is 12.1 Å². The lowest BCUT2D eigenvalue weighted by Gasteiger charge is -2.06. The summed E-state index contributed by atoms with van der Waals surface area (Å²) in [6, 6.07) is 4.99. The minimum Gasteiger partial charge on any atom is -0.338 e. The van der Waals surface area contributed by atoms with Crippen LogP contribution in [0.4, 0.5) is 18.9 Å². The van der Waals surface area contributed by atoms with Gasteiger partial charge in [-0.25, -0.2) is 0 Å². The minimum atomic E-state index is -4.71. The first-order valence-electron chi connectivity index (χ1n) is 8.50. The van der Waals surface area contributed by atoms with Gasteiger partial charge in [0.1, 0.15) is 6.54 Å². The van der Waals surface area contributed by atoms with Gasteiger partial charge in [0.05, 0.1) is 11.9 Å². The Bertz CT molecular complexity index is 1200. The highest BCUT2D eigenvalue weighted by Crippen LogP contribution is 2.31. The summed E-state index contributed by atoms with van der Waals surface area (Å²) in [5.41, 5.74) is 2.51. The number of hydrogen-bond acceptors (Lipinski definition) is 5. The van der Waals surface area contributed by atoms with E-state index in [1.54, 1.807) is 46.9 Å². The lowest BCUT2D eigenvalue weighted by atomic mass is 10.1. The number of hydrogen-bond donors (Lipinski definition) is 1. The molecule has 11 heteroatoms. The van der Waals surface area contributed by atoms with Crippen molar-refractivity contribution in [3.05, 3.63) is 48.2 Å². The number of benzene rings is 1. The van der Waals surface area contributed by atoms with E-state index in [1.165, 1.54) is 6.20 Å². The lowest BCUT2D eigenvalue weighted by Crippen LogP contribution is -2.18. The summed E-state index contributed by atoms with van der Waals surface area (Å²) in [5, 5.41) is 11.0. The van der Waals surface area contributed by atoms with Gasteiger partial charge in [-0.3, -0.25) is 9.48 Å². The van der Waals surface area contributed by atoms with Crippen LogP contribution in [0.15, 0.2) is 41.3 Å². The van der Waals surface area contributed by atoms with Crippen LogP contribution in [0.3, 0.4) is 0 Å². The number of carbonyl (C=O) groups is 1. The van der Waals surface area contributed by atoms with E-state index >= 15 is 0 Å². The number of nitrogens with one attached hydrogen (secondary N) is 1. The molecule has 0 unspecified atom stereocenters. The van der Waals surface area contributed by atoms with Crippen molar-refractivity contribution >= 4 is 22.5 Å². The molecule has 0 atom stereocenters. The minimum absolute atomic E-state index is 0.0166. The summed E-state index contributed by atoms with van der Waals surface area (Å²) in [6.07, 6.45) is 0.290. The highest BCUT2D eigenvalue weighted by atomic mass is 19.4. The number of carbonyl (C=O) groups excluding carboxylic acids is 1. The Labute approximate surface area is 161 Å². The van der Waals surface area contributed by atoms with Crippen LogP contribution in [0.1, 0.15) is 11.5 Å². The lowest BCUT2D eigenvalue weighted by molar-refractivity contribution is -0.159. The summed E-state index contributed by atoms with van der Waals surface area (Å²) < 4.78 is 45.7. The van der Waals surface area contributed by atoms with E-state index in [0.29, 0.717) is 16.8 Å². The van der Waals surface area contributed by atoms with Crippen LogP contribution in [0.25, 0.3) is 22.3 Å². The van der Waals surface area contributed by atoms with Gasteiger partial charge in [-0.15, -0.1) is 0 Å². The molecule has 0 saturated carbocycles.